The molecule has 1 saturated heterocycles. The summed E-state index contributed by atoms with van der Waals surface area (Å²) in [7, 11) is 0. The second-order valence-electron chi connectivity index (χ2n) is 9.73. The number of aromatic nitrogens is 1. The summed E-state index contributed by atoms with van der Waals surface area (Å²) in [5.41, 5.74) is -0.629. The lowest BCUT2D eigenvalue weighted by atomic mass is 9.83. The Morgan fingerprint density at radius 3 is 2.37 bits per heavy atom. The van der Waals surface area contributed by atoms with Crippen LogP contribution in [0.4, 0.5) is 24.5 Å². The van der Waals surface area contributed by atoms with E-state index in [0.29, 0.717) is 31.8 Å². The number of ether oxygens (including phenoxy) is 1. The number of nitrogens with zero attached hydrogens (tertiary/aromatic N) is 1. The molecule has 1 fully saturated rings. The molecule has 43 heavy (non-hydrogen) atoms. The number of halogens is 3. The Morgan fingerprint density at radius 2 is 1.67 bits per heavy atom. The highest BCUT2D eigenvalue weighted by molar-refractivity contribution is 8.00. The van der Waals surface area contributed by atoms with Gasteiger partial charge in [-0.05, 0) is 54.1 Å². The van der Waals surface area contributed by atoms with Gasteiger partial charge in [-0.25, -0.2) is 4.90 Å². The minimum absolute atomic E-state index is 0.0544. The number of carbonyl (C=O) groups is 3. The summed E-state index contributed by atoms with van der Waals surface area (Å²) in [6, 6.07) is 16.7. The van der Waals surface area contributed by atoms with Crippen LogP contribution in [0.1, 0.15) is 21.9 Å². The van der Waals surface area contributed by atoms with Crippen LogP contribution in [0.25, 0.3) is 0 Å². The number of hydrogen-bond acceptors (Lipinski definition) is 8. The number of fused-ring (bicyclic) bond motifs is 2. The Bertz CT molecular complexity index is 1790. The van der Waals surface area contributed by atoms with Gasteiger partial charge in [-0.2, -0.15) is 13.2 Å². The molecule has 3 N–H and O–H groups in total. The zero-order chi connectivity index (χ0) is 30.5. The number of phenolic OH excluding ortho intramolecular Hbond substituents is 1. The normalized spacial score (nSPS) is 19.6. The Hall–Kier alpha value is -4.56. The molecule has 0 spiro atoms. The Labute approximate surface area is 249 Å². The van der Waals surface area contributed by atoms with Crippen molar-refractivity contribution in [3.05, 3.63) is 98.5 Å². The summed E-state index contributed by atoms with van der Waals surface area (Å²) in [5, 5.41) is 11.3. The van der Waals surface area contributed by atoms with Crippen LogP contribution in [0.2, 0.25) is 0 Å². The number of alkyl halides is 3. The van der Waals surface area contributed by atoms with Gasteiger partial charge >= 0.3 is 11.0 Å². The van der Waals surface area contributed by atoms with Gasteiger partial charge in [0.1, 0.15) is 16.7 Å². The molecule has 220 valence electrons. The van der Waals surface area contributed by atoms with Gasteiger partial charge < -0.3 is 20.1 Å². The van der Waals surface area contributed by atoms with Crippen molar-refractivity contribution in [2.45, 2.75) is 22.4 Å². The molecule has 0 aliphatic carbocycles. The van der Waals surface area contributed by atoms with E-state index in [-0.39, 0.29) is 17.2 Å². The first-order valence-electron chi connectivity index (χ1n) is 12.8. The number of anilines is 2. The monoisotopic (exact) mass is 627 g/mol. The second-order valence-corrected chi connectivity index (χ2v) is 11.9. The summed E-state index contributed by atoms with van der Waals surface area (Å²) < 4.78 is 47.0. The average Bonchev–Trinajstić information content (AvgIpc) is 3.47. The van der Waals surface area contributed by atoms with Crippen LogP contribution in [0.3, 0.4) is 0 Å². The van der Waals surface area contributed by atoms with Gasteiger partial charge in [-0.1, -0.05) is 47.4 Å². The minimum atomic E-state index is -4.79. The summed E-state index contributed by atoms with van der Waals surface area (Å²) in [6.07, 6.45) is -4.79. The second kappa shape index (κ2) is 10.9. The lowest BCUT2D eigenvalue weighted by Gasteiger charge is -2.29. The van der Waals surface area contributed by atoms with E-state index in [0.717, 1.165) is 35.2 Å². The summed E-state index contributed by atoms with van der Waals surface area (Å²) in [5.74, 6) is -3.52. The van der Waals surface area contributed by atoms with E-state index >= 15 is 0 Å². The van der Waals surface area contributed by atoms with Crippen LogP contribution in [-0.4, -0.2) is 39.7 Å². The SMILES string of the molecule is O=C(COc1ccc([C@@H]2c3sc(=O)[nH]c3S[C@H]3C(=O)N(c4ccccc4C(F)(F)F)C(=O)[C@@H]23)cc1)Nc1ccc(O)cc1. The van der Waals surface area contributed by atoms with Crippen LogP contribution < -0.4 is 19.8 Å². The first kappa shape index (κ1) is 28.6. The number of para-hydroxylation sites is 1. The molecule has 2 aliphatic rings. The maximum absolute atomic E-state index is 13.8. The van der Waals surface area contributed by atoms with Gasteiger partial charge in [-0.3, -0.25) is 19.2 Å². The Morgan fingerprint density at radius 1 is 0.977 bits per heavy atom. The van der Waals surface area contributed by atoms with Crippen molar-refractivity contribution >= 4 is 52.2 Å². The zero-order valence-corrected chi connectivity index (χ0v) is 23.4. The standard InChI is InChI=1S/C29H20F3N3O6S2/c30-29(31,32)18-3-1-2-4-19(18)35-26(38)22-21(23-25(34-28(40)43-23)42-24(22)27(35)39)14-5-11-17(12-6-14)41-13-20(37)33-15-7-9-16(36)10-8-15/h1-12,21-22,24,36H,13H2,(H,33,37)(H,34,40)/t21-,22-,24+/m0/s1. The number of thiazole rings is 1. The summed E-state index contributed by atoms with van der Waals surface area (Å²) in [4.78, 5) is 55.3. The fourth-order valence-corrected chi connectivity index (χ4v) is 7.70. The van der Waals surface area contributed by atoms with Crippen LogP contribution in [0.15, 0.2) is 82.6 Å². The predicted octanol–water partition coefficient (Wildman–Crippen LogP) is 4.97. The number of thioether (sulfide) groups is 1. The number of imide groups is 1. The molecule has 3 atom stereocenters. The molecule has 0 radical (unpaired) electrons. The molecule has 0 bridgehead atoms. The highest BCUT2D eigenvalue weighted by atomic mass is 32.2. The number of rotatable bonds is 6. The Balaban J connectivity index is 1.27. The molecule has 3 heterocycles. The first-order chi connectivity index (χ1) is 20.5. The topological polar surface area (TPSA) is 129 Å². The quantitative estimate of drug-likeness (QED) is 0.203. The maximum Gasteiger partial charge on any atom is 0.418 e. The van der Waals surface area contributed by atoms with Gasteiger partial charge in [-0.15, -0.1) is 0 Å². The maximum atomic E-state index is 13.8. The van der Waals surface area contributed by atoms with E-state index in [1.54, 1.807) is 24.3 Å². The third kappa shape index (κ3) is 5.39. The number of carbonyl (C=O) groups excluding carboxylic acids is 3. The van der Waals surface area contributed by atoms with Crippen LogP contribution >= 0.6 is 23.1 Å². The third-order valence-corrected chi connectivity index (χ3v) is 9.44. The Kier molecular flexibility index (Phi) is 7.26. The van der Waals surface area contributed by atoms with Crippen molar-refractivity contribution < 1.29 is 37.4 Å². The van der Waals surface area contributed by atoms with Crippen molar-refractivity contribution in [2.24, 2.45) is 5.92 Å². The lowest BCUT2D eigenvalue weighted by molar-refractivity contribution is -0.137. The number of H-pyrrole nitrogens is 1. The molecule has 0 saturated carbocycles. The molecule has 9 nitrogen and oxygen atoms in total. The van der Waals surface area contributed by atoms with Gasteiger partial charge in [0.15, 0.2) is 6.61 Å². The number of aromatic hydroxyl groups is 1. The van der Waals surface area contributed by atoms with Crippen molar-refractivity contribution in [2.75, 3.05) is 16.8 Å². The molecule has 6 rings (SSSR count). The zero-order valence-electron chi connectivity index (χ0n) is 21.8. The number of amides is 3. The fraction of sp³-hybridized carbons (Fsp3) is 0.172. The minimum Gasteiger partial charge on any atom is -0.508 e. The van der Waals surface area contributed by atoms with Crippen LogP contribution in [0.5, 0.6) is 11.5 Å². The molecule has 4 aromatic rings. The highest BCUT2D eigenvalue weighted by Gasteiger charge is 2.57. The molecule has 14 heteroatoms. The number of hydrogen-bond donors (Lipinski definition) is 3. The summed E-state index contributed by atoms with van der Waals surface area (Å²) >= 11 is 1.84. The number of benzene rings is 3. The van der Waals surface area contributed by atoms with Gasteiger partial charge in [0.05, 0.1) is 22.2 Å². The van der Waals surface area contributed by atoms with Crippen LogP contribution in [0, 0.1) is 5.92 Å². The number of nitrogens with one attached hydrogen (secondary N) is 2. The molecular weight excluding hydrogens is 607 g/mol. The van der Waals surface area contributed by atoms with Crippen molar-refractivity contribution in [1.29, 1.82) is 0 Å². The van der Waals surface area contributed by atoms with E-state index in [1.807, 2.05) is 0 Å². The first-order valence-corrected chi connectivity index (χ1v) is 14.5. The molecule has 3 aromatic carbocycles. The number of phenols is 1. The number of aromatic amines is 1. The van der Waals surface area contributed by atoms with Gasteiger partial charge in [0, 0.05) is 16.5 Å². The van der Waals surface area contributed by atoms with Crippen molar-refractivity contribution in [3.63, 3.8) is 0 Å². The molecule has 1 aromatic heterocycles. The average molecular weight is 628 g/mol. The smallest absolute Gasteiger partial charge is 0.418 e. The highest BCUT2D eigenvalue weighted by Crippen LogP contribution is 2.54. The van der Waals surface area contributed by atoms with Gasteiger partial charge in [0.2, 0.25) is 11.8 Å². The molecular formula is C29H20F3N3O6S2. The lowest BCUT2D eigenvalue weighted by Crippen LogP contribution is -2.33. The van der Waals surface area contributed by atoms with Crippen molar-refractivity contribution in [1.82, 2.24) is 4.98 Å². The molecule has 3 amide bonds. The van der Waals surface area contributed by atoms with Crippen molar-refractivity contribution in [3.8, 4) is 11.5 Å². The van der Waals surface area contributed by atoms with E-state index in [9.17, 15) is 37.5 Å². The van der Waals surface area contributed by atoms with E-state index in [4.69, 9.17) is 4.74 Å². The summed E-state index contributed by atoms with van der Waals surface area (Å²) in [6.45, 7) is -0.324. The van der Waals surface area contributed by atoms with Crippen LogP contribution in [-0.2, 0) is 20.6 Å². The third-order valence-electron chi connectivity index (χ3n) is 7.03. The van der Waals surface area contributed by atoms with E-state index in [2.05, 4.69) is 10.3 Å². The van der Waals surface area contributed by atoms with E-state index < -0.39 is 52.2 Å². The molecule has 2 aliphatic heterocycles. The fourth-order valence-electron chi connectivity index (χ4n) is 5.18. The van der Waals surface area contributed by atoms with E-state index in [1.165, 1.54) is 36.4 Å². The largest absolute Gasteiger partial charge is 0.508 e. The van der Waals surface area contributed by atoms with Gasteiger partial charge in [0.25, 0.3) is 5.91 Å². The molecule has 0 unspecified atom stereocenters. The predicted molar refractivity (Wildman–Crippen MR) is 153 cm³/mol.